The molecule has 4 nitrogen and oxygen atoms in total. The Morgan fingerprint density at radius 3 is 2.71 bits per heavy atom. The fourth-order valence-corrected chi connectivity index (χ4v) is 4.28. The second-order valence-corrected chi connectivity index (χ2v) is 7.50. The first-order chi connectivity index (χ1) is 10.0. The van der Waals surface area contributed by atoms with Gasteiger partial charge in [0, 0.05) is 19.1 Å². The van der Waals surface area contributed by atoms with Crippen LogP contribution in [0.15, 0.2) is 0 Å². The maximum Gasteiger partial charge on any atom is 0.404 e. The van der Waals surface area contributed by atoms with E-state index in [1.807, 2.05) is 0 Å². The van der Waals surface area contributed by atoms with Crippen LogP contribution in [-0.2, 0) is 0 Å². The molecule has 2 N–H and O–H groups in total. The van der Waals surface area contributed by atoms with Crippen LogP contribution in [0.2, 0.25) is 0 Å². The van der Waals surface area contributed by atoms with Gasteiger partial charge in [0.2, 0.25) is 0 Å². The Morgan fingerprint density at radius 2 is 2.00 bits per heavy atom. The summed E-state index contributed by atoms with van der Waals surface area (Å²) in [6.45, 7) is 8.12. The first-order valence-electron chi connectivity index (χ1n) is 8.76. The minimum absolute atomic E-state index is 0.168. The summed E-state index contributed by atoms with van der Waals surface area (Å²) in [5.41, 5.74) is 0. The predicted octanol–water partition coefficient (Wildman–Crippen LogP) is 3.57. The van der Waals surface area contributed by atoms with Gasteiger partial charge in [-0.2, -0.15) is 0 Å². The molecule has 2 fully saturated rings. The second-order valence-electron chi connectivity index (χ2n) is 7.50. The molecule has 0 aromatic carbocycles. The van der Waals surface area contributed by atoms with Crippen molar-refractivity contribution >= 4 is 6.09 Å². The lowest BCUT2D eigenvalue weighted by Gasteiger charge is -2.39. The van der Waals surface area contributed by atoms with E-state index in [4.69, 9.17) is 5.11 Å². The Balaban J connectivity index is 1.84. The Bertz CT molecular complexity index is 333. The zero-order valence-corrected chi connectivity index (χ0v) is 13.7. The van der Waals surface area contributed by atoms with Gasteiger partial charge in [-0.15, -0.1) is 0 Å². The van der Waals surface area contributed by atoms with Crippen molar-refractivity contribution in [3.05, 3.63) is 0 Å². The highest BCUT2D eigenvalue weighted by Gasteiger charge is 2.30. The van der Waals surface area contributed by atoms with Crippen molar-refractivity contribution < 1.29 is 9.90 Å². The number of likely N-dealkylation sites (tertiary alicyclic amines) is 1. The standard InChI is InChI=1S/C17H32N2O2/c1-13(2)10-14-6-5-9-19(11-14)12-15-7-3-4-8-16(15)18-17(20)21/h13-16,18H,3-12H2,1-2H3,(H,20,21). The average Bonchev–Trinajstić information content (AvgIpc) is 2.40. The zero-order valence-electron chi connectivity index (χ0n) is 13.7. The van der Waals surface area contributed by atoms with Crippen LogP contribution in [0.3, 0.4) is 0 Å². The number of amides is 1. The molecule has 2 aliphatic rings. The van der Waals surface area contributed by atoms with Gasteiger partial charge in [-0.3, -0.25) is 0 Å². The first-order valence-corrected chi connectivity index (χ1v) is 8.76. The number of carboxylic acid groups (broad SMARTS) is 1. The number of piperidine rings is 1. The van der Waals surface area contributed by atoms with Crippen LogP contribution in [0.1, 0.15) is 58.8 Å². The molecule has 0 aromatic rings. The lowest BCUT2D eigenvalue weighted by atomic mass is 9.83. The monoisotopic (exact) mass is 296 g/mol. The van der Waals surface area contributed by atoms with Gasteiger partial charge in [0.15, 0.2) is 0 Å². The molecule has 1 saturated heterocycles. The van der Waals surface area contributed by atoms with Crippen LogP contribution in [0.4, 0.5) is 4.79 Å². The highest BCUT2D eigenvalue weighted by Crippen LogP contribution is 2.28. The highest BCUT2D eigenvalue weighted by molar-refractivity contribution is 5.64. The van der Waals surface area contributed by atoms with Crippen LogP contribution < -0.4 is 5.32 Å². The van der Waals surface area contributed by atoms with Gasteiger partial charge >= 0.3 is 6.09 Å². The van der Waals surface area contributed by atoms with Gasteiger partial charge < -0.3 is 15.3 Å². The third kappa shape index (κ3) is 5.50. The van der Waals surface area contributed by atoms with Crippen LogP contribution in [0.5, 0.6) is 0 Å². The van der Waals surface area contributed by atoms with Crippen molar-refractivity contribution in [3.63, 3.8) is 0 Å². The highest BCUT2D eigenvalue weighted by atomic mass is 16.4. The average molecular weight is 296 g/mol. The zero-order chi connectivity index (χ0) is 15.2. The molecule has 3 unspecified atom stereocenters. The molecular weight excluding hydrogens is 264 g/mol. The molecule has 0 radical (unpaired) electrons. The van der Waals surface area contributed by atoms with Crippen molar-refractivity contribution in [2.24, 2.45) is 17.8 Å². The third-order valence-electron chi connectivity index (χ3n) is 5.12. The molecule has 1 aliphatic carbocycles. The predicted molar refractivity (Wildman–Crippen MR) is 85.5 cm³/mol. The summed E-state index contributed by atoms with van der Waals surface area (Å²) in [6, 6.07) is 0.168. The number of nitrogens with zero attached hydrogens (tertiary/aromatic N) is 1. The smallest absolute Gasteiger partial charge is 0.404 e. The van der Waals surface area contributed by atoms with Crippen molar-refractivity contribution in [1.29, 1.82) is 0 Å². The third-order valence-corrected chi connectivity index (χ3v) is 5.12. The first kappa shape index (κ1) is 16.6. The molecule has 4 heteroatoms. The molecule has 1 amide bonds. The van der Waals surface area contributed by atoms with Crippen LogP contribution in [0.25, 0.3) is 0 Å². The summed E-state index contributed by atoms with van der Waals surface area (Å²) in [5.74, 6) is 2.13. The van der Waals surface area contributed by atoms with E-state index < -0.39 is 6.09 Å². The van der Waals surface area contributed by atoms with Crippen molar-refractivity contribution in [3.8, 4) is 0 Å². The molecule has 1 aliphatic heterocycles. The summed E-state index contributed by atoms with van der Waals surface area (Å²) >= 11 is 0. The molecule has 0 aromatic heterocycles. The normalized spacial score (nSPS) is 31.3. The largest absolute Gasteiger partial charge is 0.465 e. The lowest BCUT2D eigenvalue weighted by Crippen LogP contribution is -2.48. The van der Waals surface area contributed by atoms with Gasteiger partial charge in [-0.1, -0.05) is 26.7 Å². The summed E-state index contributed by atoms with van der Waals surface area (Å²) < 4.78 is 0. The number of nitrogens with one attached hydrogen (secondary N) is 1. The SMILES string of the molecule is CC(C)CC1CCCN(CC2CCCCC2NC(=O)O)C1. The molecule has 122 valence electrons. The second kappa shape index (κ2) is 8.02. The molecular formula is C17H32N2O2. The van der Waals surface area contributed by atoms with E-state index in [1.165, 1.54) is 45.2 Å². The lowest BCUT2D eigenvalue weighted by molar-refractivity contribution is 0.110. The van der Waals surface area contributed by atoms with E-state index in [0.717, 1.165) is 31.2 Å². The topological polar surface area (TPSA) is 52.6 Å². The Morgan fingerprint density at radius 1 is 1.24 bits per heavy atom. The Labute approximate surface area is 129 Å². The van der Waals surface area contributed by atoms with Gasteiger partial charge in [-0.05, 0) is 56.4 Å². The quantitative estimate of drug-likeness (QED) is 0.815. The summed E-state index contributed by atoms with van der Waals surface area (Å²) in [7, 11) is 0. The minimum Gasteiger partial charge on any atom is -0.465 e. The number of rotatable bonds is 5. The number of carbonyl (C=O) groups is 1. The van der Waals surface area contributed by atoms with E-state index in [-0.39, 0.29) is 6.04 Å². The van der Waals surface area contributed by atoms with Crippen molar-refractivity contribution in [1.82, 2.24) is 10.2 Å². The molecule has 0 spiro atoms. The summed E-state index contributed by atoms with van der Waals surface area (Å²) in [4.78, 5) is 13.6. The fourth-order valence-electron chi connectivity index (χ4n) is 4.28. The maximum absolute atomic E-state index is 11.0. The molecule has 0 bridgehead atoms. The maximum atomic E-state index is 11.0. The molecule has 3 atom stereocenters. The Hall–Kier alpha value is -0.770. The molecule has 21 heavy (non-hydrogen) atoms. The van der Waals surface area contributed by atoms with Crippen molar-refractivity contribution in [2.75, 3.05) is 19.6 Å². The van der Waals surface area contributed by atoms with Crippen molar-refractivity contribution in [2.45, 2.75) is 64.8 Å². The number of hydrogen-bond donors (Lipinski definition) is 2. The van der Waals surface area contributed by atoms with Crippen LogP contribution in [0, 0.1) is 17.8 Å². The van der Waals surface area contributed by atoms with Gasteiger partial charge in [0.1, 0.15) is 0 Å². The molecule has 1 saturated carbocycles. The van der Waals surface area contributed by atoms with Crippen LogP contribution >= 0.6 is 0 Å². The minimum atomic E-state index is -0.858. The van der Waals surface area contributed by atoms with Gasteiger partial charge in [-0.25, -0.2) is 4.79 Å². The molecule has 2 rings (SSSR count). The van der Waals surface area contributed by atoms with E-state index in [1.54, 1.807) is 0 Å². The van der Waals surface area contributed by atoms with Gasteiger partial charge in [0.05, 0.1) is 0 Å². The summed E-state index contributed by atoms with van der Waals surface area (Å²) in [6.07, 6.45) is 7.76. The van der Waals surface area contributed by atoms with E-state index >= 15 is 0 Å². The summed E-state index contributed by atoms with van der Waals surface area (Å²) in [5, 5.41) is 11.8. The van der Waals surface area contributed by atoms with E-state index in [9.17, 15) is 4.79 Å². The van der Waals surface area contributed by atoms with E-state index in [2.05, 4.69) is 24.1 Å². The fraction of sp³-hybridized carbons (Fsp3) is 0.941. The Kier molecular flexibility index (Phi) is 6.34. The van der Waals surface area contributed by atoms with Crippen LogP contribution in [-0.4, -0.2) is 41.8 Å². The van der Waals surface area contributed by atoms with Gasteiger partial charge in [0.25, 0.3) is 0 Å². The van der Waals surface area contributed by atoms with E-state index in [0.29, 0.717) is 5.92 Å². The molecule has 1 heterocycles. The number of hydrogen-bond acceptors (Lipinski definition) is 2.